The molecule has 0 saturated carbocycles. The molecule has 2 atom stereocenters. The minimum Gasteiger partial charge on any atom is -0.345 e. The van der Waals surface area contributed by atoms with Crippen LogP contribution >= 0.6 is 11.3 Å². The first kappa shape index (κ1) is 13.3. The second-order valence-electron chi connectivity index (χ2n) is 5.82. The van der Waals surface area contributed by atoms with Gasteiger partial charge in [-0.15, -0.1) is 0 Å². The summed E-state index contributed by atoms with van der Waals surface area (Å²) in [5.41, 5.74) is 1.34. The van der Waals surface area contributed by atoms with Crippen molar-refractivity contribution in [2.45, 2.75) is 38.3 Å². The van der Waals surface area contributed by atoms with Crippen molar-refractivity contribution in [2.24, 2.45) is 0 Å². The Morgan fingerprint density at radius 1 is 1.37 bits per heavy atom. The summed E-state index contributed by atoms with van der Waals surface area (Å²) in [4.78, 5) is 11.3. The fourth-order valence-electron chi connectivity index (χ4n) is 3.04. The van der Waals surface area contributed by atoms with E-state index in [4.69, 9.17) is 4.98 Å². The number of nitrogens with zero attached hydrogens (tertiary/aromatic N) is 3. The zero-order chi connectivity index (χ0) is 13.4. The lowest BCUT2D eigenvalue weighted by molar-refractivity contribution is 0.234. The first-order chi connectivity index (χ1) is 9.19. The molecule has 0 aromatic carbocycles. The van der Waals surface area contributed by atoms with Crippen LogP contribution in [0.15, 0.2) is 0 Å². The number of anilines is 1. The van der Waals surface area contributed by atoms with E-state index in [1.54, 1.807) is 0 Å². The molecule has 0 spiro atoms. The number of aryl methyl sites for hydroxylation is 1. The smallest absolute Gasteiger partial charge is 0.185 e. The molecule has 4 nitrogen and oxygen atoms in total. The highest BCUT2D eigenvalue weighted by atomic mass is 32.1. The van der Waals surface area contributed by atoms with Gasteiger partial charge in [-0.25, -0.2) is 4.98 Å². The van der Waals surface area contributed by atoms with Gasteiger partial charge in [-0.1, -0.05) is 11.3 Å². The lowest BCUT2D eigenvalue weighted by atomic mass is 9.98. The van der Waals surface area contributed by atoms with E-state index in [2.05, 4.69) is 36.1 Å². The average molecular weight is 280 g/mol. The number of nitrogens with one attached hydrogen (secondary N) is 1. The molecule has 2 unspecified atom stereocenters. The number of aromatic nitrogens is 1. The Morgan fingerprint density at radius 2 is 2.21 bits per heavy atom. The molecule has 3 rings (SSSR count). The van der Waals surface area contributed by atoms with Gasteiger partial charge in [0.25, 0.3) is 0 Å². The molecular weight excluding hydrogens is 256 g/mol. The quantitative estimate of drug-likeness (QED) is 0.896. The SMILES string of the molecule is CNC1CCCc2nc(N3CCN(C)C(C)C3)sc21. The van der Waals surface area contributed by atoms with E-state index in [-0.39, 0.29) is 0 Å². The van der Waals surface area contributed by atoms with Crippen LogP contribution in [-0.4, -0.2) is 49.7 Å². The third kappa shape index (κ3) is 2.51. The van der Waals surface area contributed by atoms with Crippen molar-refractivity contribution < 1.29 is 0 Å². The van der Waals surface area contributed by atoms with Gasteiger partial charge in [0.15, 0.2) is 5.13 Å². The van der Waals surface area contributed by atoms with Crippen molar-refractivity contribution in [1.82, 2.24) is 15.2 Å². The predicted octanol–water partition coefficient (Wildman–Crippen LogP) is 1.88. The van der Waals surface area contributed by atoms with E-state index in [0.29, 0.717) is 12.1 Å². The molecule has 0 amide bonds. The summed E-state index contributed by atoms with van der Waals surface area (Å²) in [7, 11) is 4.28. The largest absolute Gasteiger partial charge is 0.345 e. The highest BCUT2D eigenvalue weighted by molar-refractivity contribution is 7.15. The number of piperazine rings is 1. The van der Waals surface area contributed by atoms with Gasteiger partial charge in [-0.2, -0.15) is 0 Å². The summed E-state index contributed by atoms with van der Waals surface area (Å²) >= 11 is 1.91. The summed E-state index contributed by atoms with van der Waals surface area (Å²) < 4.78 is 0. The van der Waals surface area contributed by atoms with Crippen molar-refractivity contribution in [3.05, 3.63) is 10.6 Å². The zero-order valence-corrected chi connectivity index (χ0v) is 13.0. The Morgan fingerprint density at radius 3 is 2.95 bits per heavy atom. The second kappa shape index (κ2) is 5.38. The third-order valence-corrected chi connectivity index (χ3v) is 5.79. The molecular formula is C14H24N4S. The molecule has 2 heterocycles. The van der Waals surface area contributed by atoms with E-state index in [1.165, 1.54) is 28.5 Å². The second-order valence-corrected chi connectivity index (χ2v) is 6.83. The number of hydrogen-bond donors (Lipinski definition) is 1. The Labute approximate surface area is 119 Å². The number of hydrogen-bond acceptors (Lipinski definition) is 5. The summed E-state index contributed by atoms with van der Waals surface area (Å²) in [6.07, 6.45) is 3.68. The molecule has 0 radical (unpaired) electrons. The topological polar surface area (TPSA) is 31.4 Å². The molecule has 106 valence electrons. The Hall–Kier alpha value is -0.650. The molecule has 1 fully saturated rings. The fraction of sp³-hybridized carbons (Fsp3) is 0.786. The predicted molar refractivity (Wildman–Crippen MR) is 81.2 cm³/mol. The Balaban J connectivity index is 1.81. The molecule has 1 aromatic rings. The van der Waals surface area contributed by atoms with E-state index in [9.17, 15) is 0 Å². The summed E-state index contributed by atoms with van der Waals surface area (Å²) in [5.74, 6) is 0. The highest BCUT2D eigenvalue weighted by Crippen LogP contribution is 2.37. The van der Waals surface area contributed by atoms with E-state index < -0.39 is 0 Å². The lowest BCUT2D eigenvalue weighted by Crippen LogP contribution is -2.50. The molecule has 19 heavy (non-hydrogen) atoms. The van der Waals surface area contributed by atoms with Crippen molar-refractivity contribution in [3.63, 3.8) is 0 Å². The molecule has 5 heteroatoms. The van der Waals surface area contributed by atoms with Crippen LogP contribution in [0.2, 0.25) is 0 Å². The molecule has 1 aromatic heterocycles. The van der Waals surface area contributed by atoms with Gasteiger partial charge in [-0.05, 0) is 40.3 Å². The molecule has 1 aliphatic carbocycles. The van der Waals surface area contributed by atoms with E-state index >= 15 is 0 Å². The normalized spacial score (nSPS) is 28.5. The molecule has 0 bridgehead atoms. The van der Waals surface area contributed by atoms with E-state index in [1.807, 2.05) is 11.3 Å². The van der Waals surface area contributed by atoms with Crippen LogP contribution in [0, 0.1) is 0 Å². The maximum atomic E-state index is 4.92. The maximum absolute atomic E-state index is 4.92. The van der Waals surface area contributed by atoms with Gasteiger partial charge in [0.05, 0.1) is 5.69 Å². The van der Waals surface area contributed by atoms with Crippen LogP contribution in [0.4, 0.5) is 5.13 Å². The molecule has 1 aliphatic heterocycles. The van der Waals surface area contributed by atoms with Gasteiger partial charge >= 0.3 is 0 Å². The minimum absolute atomic E-state index is 0.528. The van der Waals surface area contributed by atoms with Crippen LogP contribution in [0.1, 0.15) is 36.4 Å². The zero-order valence-electron chi connectivity index (χ0n) is 12.1. The number of likely N-dealkylation sites (N-methyl/N-ethyl adjacent to an activating group) is 1. The number of fused-ring (bicyclic) bond motifs is 1. The van der Waals surface area contributed by atoms with Crippen LogP contribution in [0.25, 0.3) is 0 Å². The standard InChI is InChI=1S/C14H24N4S/c1-10-9-18(8-7-17(10)3)14-16-12-6-4-5-11(15-2)13(12)19-14/h10-11,15H,4-9H2,1-3H3. The van der Waals surface area contributed by atoms with E-state index in [0.717, 1.165) is 26.1 Å². The Kier molecular flexibility index (Phi) is 3.78. The molecule has 1 saturated heterocycles. The maximum Gasteiger partial charge on any atom is 0.185 e. The van der Waals surface area contributed by atoms with Crippen molar-refractivity contribution in [2.75, 3.05) is 38.6 Å². The van der Waals surface area contributed by atoms with Gasteiger partial charge < -0.3 is 15.1 Å². The van der Waals surface area contributed by atoms with Crippen LogP contribution in [-0.2, 0) is 6.42 Å². The molecule has 2 aliphatic rings. The first-order valence-corrected chi connectivity index (χ1v) is 8.12. The monoisotopic (exact) mass is 280 g/mol. The van der Waals surface area contributed by atoms with Gasteiger partial charge in [-0.3, -0.25) is 0 Å². The summed E-state index contributed by atoms with van der Waals surface area (Å²) in [5, 5.41) is 4.68. The van der Waals surface area contributed by atoms with Crippen LogP contribution in [0.5, 0.6) is 0 Å². The lowest BCUT2D eigenvalue weighted by Gasteiger charge is -2.37. The van der Waals surface area contributed by atoms with Gasteiger partial charge in [0.1, 0.15) is 0 Å². The molecule has 1 N–H and O–H groups in total. The third-order valence-electron chi connectivity index (χ3n) is 4.52. The Bertz CT molecular complexity index is 445. The minimum atomic E-state index is 0.528. The van der Waals surface area contributed by atoms with Crippen molar-refractivity contribution in [1.29, 1.82) is 0 Å². The number of rotatable bonds is 2. The van der Waals surface area contributed by atoms with Crippen LogP contribution < -0.4 is 10.2 Å². The number of thiazole rings is 1. The highest BCUT2D eigenvalue weighted by Gasteiger charge is 2.27. The van der Waals surface area contributed by atoms with Gasteiger partial charge in [0.2, 0.25) is 0 Å². The van der Waals surface area contributed by atoms with Crippen molar-refractivity contribution >= 4 is 16.5 Å². The first-order valence-electron chi connectivity index (χ1n) is 7.31. The van der Waals surface area contributed by atoms with Crippen molar-refractivity contribution in [3.8, 4) is 0 Å². The van der Waals surface area contributed by atoms with Crippen LogP contribution in [0.3, 0.4) is 0 Å². The summed E-state index contributed by atoms with van der Waals surface area (Å²) in [6, 6.07) is 1.15. The van der Waals surface area contributed by atoms with Gasteiger partial charge in [0, 0.05) is 36.6 Å². The fourth-order valence-corrected chi connectivity index (χ4v) is 4.33. The summed E-state index contributed by atoms with van der Waals surface area (Å²) in [6.45, 7) is 5.65. The average Bonchev–Trinajstić information content (AvgIpc) is 2.85.